The monoisotopic (exact) mass is 343 g/mol. The lowest BCUT2D eigenvalue weighted by atomic mass is 9.89. The molecule has 0 aliphatic carbocycles. The van der Waals surface area contributed by atoms with Gasteiger partial charge in [-0.1, -0.05) is 17.7 Å². The Bertz CT molecular complexity index is 655. The Kier molecular flexibility index (Phi) is 4.69. The number of methoxy groups -OCH3 is 1. The molecule has 25 heavy (non-hydrogen) atoms. The fraction of sp³-hybridized carbons (Fsp3) is 0.650. The smallest absolute Gasteiger partial charge is 0.320 e. The van der Waals surface area contributed by atoms with Gasteiger partial charge < -0.3 is 19.9 Å². The van der Waals surface area contributed by atoms with Crippen LogP contribution in [0.15, 0.2) is 12.1 Å². The van der Waals surface area contributed by atoms with Crippen molar-refractivity contribution in [1.82, 2.24) is 15.1 Å². The molecule has 3 aliphatic rings. The normalized spacial score (nSPS) is 26.2. The molecule has 136 valence electrons. The van der Waals surface area contributed by atoms with Crippen molar-refractivity contribution in [2.75, 3.05) is 33.3 Å². The van der Waals surface area contributed by atoms with Crippen molar-refractivity contribution >= 4 is 6.03 Å². The highest BCUT2D eigenvalue weighted by atomic mass is 16.5. The summed E-state index contributed by atoms with van der Waals surface area (Å²) in [6.07, 6.45) is 4.54. The van der Waals surface area contributed by atoms with E-state index in [9.17, 15) is 4.79 Å². The van der Waals surface area contributed by atoms with Crippen LogP contribution < -0.4 is 5.32 Å². The van der Waals surface area contributed by atoms with Gasteiger partial charge in [0.15, 0.2) is 0 Å². The Morgan fingerprint density at radius 1 is 1.24 bits per heavy atom. The van der Waals surface area contributed by atoms with Crippen LogP contribution in [0, 0.1) is 6.92 Å². The zero-order valence-electron chi connectivity index (χ0n) is 15.4. The van der Waals surface area contributed by atoms with Crippen molar-refractivity contribution in [3.63, 3.8) is 0 Å². The molecular weight excluding hydrogens is 314 g/mol. The fourth-order valence-corrected chi connectivity index (χ4v) is 4.58. The molecular formula is C20H29N3O2. The van der Waals surface area contributed by atoms with Gasteiger partial charge in [-0.05, 0) is 55.8 Å². The first-order chi connectivity index (χ1) is 12.2. The van der Waals surface area contributed by atoms with Gasteiger partial charge in [0.2, 0.25) is 0 Å². The molecule has 3 heterocycles. The maximum atomic E-state index is 13.0. The number of amides is 2. The summed E-state index contributed by atoms with van der Waals surface area (Å²) in [6.45, 7) is 6.39. The Labute approximate surface area is 150 Å². The van der Waals surface area contributed by atoms with Crippen LogP contribution in [0.2, 0.25) is 0 Å². The van der Waals surface area contributed by atoms with Crippen LogP contribution in [0.1, 0.15) is 47.6 Å². The molecule has 4 rings (SSSR count). The van der Waals surface area contributed by atoms with Crippen LogP contribution in [0.3, 0.4) is 0 Å². The van der Waals surface area contributed by atoms with E-state index in [1.54, 1.807) is 7.11 Å². The second-order valence-corrected chi connectivity index (χ2v) is 7.69. The first kappa shape index (κ1) is 16.9. The Morgan fingerprint density at radius 2 is 2.12 bits per heavy atom. The molecule has 2 saturated heterocycles. The number of aryl methyl sites for hydroxylation is 1. The molecule has 0 radical (unpaired) electrons. The van der Waals surface area contributed by atoms with Crippen molar-refractivity contribution in [3.8, 4) is 0 Å². The molecule has 2 fully saturated rings. The molecule has 0 spiro atoms. The molecule has 0 saturated carbocycles. The second kappa shape index (κ2) is 6.96. The average molecular weight is 343 g/mol. The number of likely N-dealkylation sites (tertiary alicyclic amines) is 1. The van der Waals surface area contributed by atoms with E-state index in [0.29, 0.717) is 6.04 Å². The summed E-state index contributed by atoms with van der Waals surface area (Å²) < 4.78 is 5.41. The van der Waals surface area contributed by atoms with Gasteiger partial charge in [-0.15, -0.1) is 0 Å². The standard InChI is InChI=1S/C20H29N3O2/c1-14-10-15-5-8-23(20(24)22-9-6-16(12-22)25-2)13-18(15)17(11-14)19-4-3-7-21-19/h10-11,16,19,21H,3-9,12-13H2,1-2H3/t16-,19-/m0/s1. The molecule has 0 bridgehead atoms. The lowest BCUT2D eigenvalue weighted by Crippen LogP contribution is -2.45. The third kappa shape index (κ3) is 3.27. The van der Waals surface area contributed by atoms with Gasteiger partial charge in [0.1, 0.15) is 0 Å². The van der Waals surface area contributed by atoms with E-state index in [1.807, 2.05) is 9.80 Å². The molecule has 0 aromatic heterocycles. The van der Waals surface area contributed by atoms with E-state index in [-0.39, 0.29) is 12.1 Å². The maximum absolute atomic E-state index is 13.0. The van der Waals surface area contributed by atoms with Gasteiger partial charge in [0, 0.05) is 39.3 Å². The van der Waals surface area contributed by atoms with Crippen LogP contribution in [0.25, 0.3) is 0 Å². The number of nitrogens with zero attached hydrogens (tertiary/aromatic N) is 2. The quantitative estimate of drug-likeness (QED) is 0.898. The van der Waals surface area contributed by atoms with E-state index in [1.165, 1.54) is 35.1 Å². The summed E-state index contributed by atoms with van der Waals surface area (Å²) in [5.74, 6) is 0. The SMILES string of the molecule is CO[C@H]1CCN(C(=O)N2CCc3cc(C)cc([C@@H]4CCCN4)c3C2)C1. The van der Waals surface area contributed by atoms with E-state index < -0.39 is 0 Å². The van der Waals surface area contributed by atoms with Crippen LogP contribution in [0.4, 0.5) is 4.79 Å². The number of benzene rings is 1. The van der Waals surface area contributed by atoms with Crippen LogP contribution in [-0.2, 0) is 17.7 Å². The fourth-order valence-electron chi connectivity index (χ4n) is 4.58. The minimum atomic E-state index is 0.177. The van der Waals surface area contributed by atoms with Gasteiger partial charge in [-0.25, -0.2) is 4.79 Å². The highest BCUT2D eigenvalue weighted by Gasteiger charge is 2.32. The van der Waals surface area contributed by atoms with Crippen LogP contribution in [0.5, 0.6) is 0 Å². The molecule has 2 amide bonds. The molecule has 0 unspecified atom stereocenters. The summed E-state index contributed by atoms with van der Waals surface area (Å²) in [5.41, 5.74) is 5.57. The number of ether oxygens (including phenoxy) is 1. The minimum absolute atomic E-state index is 0.177. The highest BCUT2D eigenvalue weighted by Crippen LogP contribution is 2.33. The topological polar surface area (TPSA) is 44.8 Å². The average Bonchev–Trinajstić information content (AvgIpc) is 3.31. The lowest BCUT2D eigenvalue weighted by molar-refractivity contribution is 0.104. The van der Waals surface area contributed by atoms with E-state index in [4.69, 9.17) is 4.74 Å². The van der Waals surface area contributed by atoms with Crippen LogP contribution in [-0.4, -0.2) is 55.2 Å². The Balaban J connectivity index is 1.55. The van der Waals surface area contributed by atoms with Gasteiger partial charge in [-0.3, -0.25) is 0 Å². The zero-order valence-corrected chi connectivity index (χ0v) is 15.4. The van der Waals surface area contributed by atoms with Crippen molar-refractivity contribution in [2.24, 2.45) is 0 Å². The number of hydrogen-bond donors (Lipinski definition) is 1. The molecule has 2 atom stereocenters. The predicted octanol–water partition coefficient (Wildman–Crippen LogP) is 2.62. The molecule has 5 heteroatoms. The second-order valence-electron chi connectivity index (χ2n) is 7.69. The molecule has 5 nitrogen and oxygen atoms in total. The zero-order chi connectivity index (χ0) is 17.4. The highest BCUT2D eigenvalue weighted by molar-refractivity contribution is 5.75. The van der Waals surface area contributed by atoms with Crippen molar-refractivity contribution in [3.05, 3.63) is 34.4 Å². The summed E-state index contributed by atoms with van der Waals surface area (Å²) in [6, 6.07) is 5.27. The van der Waals surface area contributed by atoms with Gasteiger partial charge in [-0.2, -0.15) is 0 Å². The third-order valence-corrected chi connectivity index (χ3v) is 5.98. The number of carbonyl (C=O) groups excluding carboxylic acids is 1. The summed E-state index contributed by atoms with van der Waals surface area (Å²) in [5, 5.41) is 3.63. The largest absolute Gasteiger partial charge is 0.380 e. The van der Waals surface area contributed by atoms with E-state index in [0.717, 1.165) is 45.6 Å². The number of hydrogen-bond acceptors (Lipinski definition) is 3. The summed E-state index contributed by atoms with van der Waals surface area (Å²) >= 11 is 0. The van der Waals surface area contributed by atoms with Gasteiger partial charge in [0.25, 0.3) is 0 Å². The molecule has 1 N–H and O–H groups in total. The minimum Gasteiger partial charge on any atom is -0.380 e. The van der Waals surface area contributed by atoms with E-state index >= 15 is 0 Å². The number of nitrogens with one attached hydrogen (secondary N) is 1. The lowest BCUT2D eigenvalue weighted by Gasteiger charge is -2.34. The third-order valence-electron chi connectivity index (χ3n) is 5.98. The van der Waals surface area contributed by atoms with Gasteiger partial charge >= 0.3 is 6.03 Å². The van der Waals surface area contributed by atoms with Crippen LogP contribution >= 0.6 is 0 Å². The number of urea groups is 1. The molecule has 3 aliphatic heterocycles. The maximum Gasteiger partial charge on any atom is 0.320 e. The van der Waals surface area contributed by atoms with Crippen molar-refractivity contribution in [1.29, 1.82) is 0 Å². The number of fused-ring (bicyclic) bond motifs is 1. The van der Waals surface area contributed by atoms with Crippen molar-refractivity contribution in [2.45, 2.75) is 51.3 Å². The van der Waals surface area contributed by atoms with Gasteiger partial charge in [0.05, 0.1) is 6.10 Å². The Hall–Kier alpha value is -1.59. The molecule has 1 aromatic carbocycles. The van der Waals surface area contributed by atoms with Crippen molar-refractivity contribution < 1.29 is 9.53 Å². The predicted molar refractivity (Wildman–Crippen MR) is 97.7 cm³/mol. The number of carbonyl (C=O) groups is 1. The Morgan fingerprint density at radius 3 is 2.84 bits per heavy atom. The summed E-state index contributed by atoms with van der Waals surface area (Å²) in [7, 11) is 1.74. The first-order valence-corrected chi connectivity index (χ1v) is 9.58. The number of rotatable bonds is 2. The first-order valence-electron chi connectivity index (χ1n) is 9.58. The summed E-state index contributed by atoms with van der Waals surface area (Å²) in [4.78, 5) is 16.9. The van der Waals surface area contributed by atoms with E-state index in [2.05, 4.69) is 24.4 Å². The molecule has 1 aromatic rings.